The summed E-state index contributed by atoms with van der Waals surface area (Å²) in [6, 6.07) is 6.66. The highest BCUT2D eigenvalue weighted by Gasteiger charge is 2.44. The van der Waals surface area contributed by atoms with E-state index in [-0.39, 0.29) is 58.2 Å². The van der Waals surface area contributed by atoms with Crippen LogP contribution >= 0.6 is 0 Å². The van der Waals surface area contributed by atoms with E-state index >= 15 is 17.6 Å². The van der Waals surface area contributed by atoms with E-state index in [0.717, 1.165) is 6.07 Å². The SMILES string of the molecule is COc1c(C)cccc1-c1c(C(F)(F)F)cc2c(nc(N3CC(C)(N(C)C)C3)c3nnn([C@H]4CCN(C(=O)OC(C)(C)C)[C@@H](CC#N)C4)c32)c1F. The minimum atomic E-state index is -4.95. The highest BCUT2D eigenvalue weighted by Crippen LogP contribution is 2.47. The maximum atomic E-state index is 17.1. The molecule has 2 fully saturated rings. The Labute approximate surface area is 293 Å². The first kappa shape index (κ1) is 36.1. The molecule has 0 radical (unpaired) electrons. The van der Waals surface area contributed by atoms with Crippen molar-refractivity contribution in [3.8, 4) is 22.9 Å². The molecule has 4 aromatic rings. The predicted octanol–water partition coefficient (Wildman–Crippen LogP) is 7.12. The molecule has 0 bridgehead atoms. The third-order valence-corrected chi connectivity index (χ3v) is 10.0. The summed E-state index contributed by atoms with van der Waals surface area (Å²) in [7, 11) is 5.25. The van der Waals surface area contributed by atoms with Gasteiger partial charge in [-0.15, -0.1) is 5.10 Å². The van der Waals surface area contributed by atoms with Crippen LogP contribution in [0.5, 0.6) is 5.75 Å². The Morgan fingerprint density at radius 1 is 1.18 bits per heavy atom. The van der Waals surface area contributed by atoms with Crippen molar-refractivity contribution in [2.45, 2.75) is 83.3 Å². The number of methoxy groups -OCH3 is 1. The molecule has 11 nitrogen and oxygen atoms in total. The molecule has 0 aliphatic carbocycles. The van der Waals surface area contributed by atoms with Gasteiger partial charge in [-0.3, -0.25) is 0 Å². The second-order valence-electron chi connectivity index (χ2n) is 14.9. The summed E-state index contributed by atoms with van der Waals surface area (Å²) in [6.45, 7) is 10.2. The van der Waals surface area contributed by atoms with Gasteiger partial charge in [0, 0.05) is 36.1 Å². The highest BCUT2D eigenvalue weighted by atomic mass is 19.4. The number of pyridine rings is 1. The molecule has 51 heavy (non-hydrogen) atoms. The number of hydrogen-bond acceptors (Lipinski definition) is 9. The average Bonchev–Trinajstić information content (AvgIpc) is 3.47. The Bertz CT molecular complexity index is 2040. The second kappa shape index (κ2) is 12.8. The van der Waals surface area contributed by atoms with Gasteiger partial charge < -0.3 is 24.2 Å². The van der Waals surface area contributed by atoms with Crippen molar-refractivity contribution in [1.29, 1.82) is 5.26 Å². The monoisotopic (exact) mass is 710 g/mol. The maximum absolute atomic E-state index is 17.1. The number of carbonyl (C=O) groups is 1. The number of ether oxygens (including phenoxy) is 2. The molecule has 0 saturated carbocycles. The normalized spacial score (nSPS) is 19.4. The van der Waals surface area contributed by atoms with E-state index in [0.29, 0.717) is 30.9 Å². The van der Waals surface area contributed by atoms with Crippen LogP contribution in [0.3, 0.4) is 0 Å². The summed E-state index contributed by atoms with van der Waals surface area (Å²) >= 11 is 0. The first-order chi connectivity index (χ1) is 23.9. The van der Waals surface area contributed by atoms with Gasteiger partial charge in [-0.2, -0.15) is 18.4 Å². The quantitative estimate of drug-likeness (QED) is 0.193. The number of aryl methyl sites for hydroxylation is 1. The Hall–Kier alpha value is -4.71. The maximum Gasteiger partial charge on any atom is 0.417 e. The van der Waals surface area contributed by atoms with Gasteiger partial charge >= 0.3 is 12.3 Å². The third-order valence-electron chi connectivity index (χ3n) is 10.0. The summed E-state index contributed by atoms with van der Waals surface area (Å²) in [5.74, 6) is -0.708. The molecule has 15 heteroatoms. The number of para-hydroxylation sites is 1. The van der Waals surface area contributed by atoms with E-state index in [4.69, 9.17) is 14.5 Å². The molecule has 2 aromatic carbocycles. The Morgan fingerprint density at radius 3 is 2.49 bits per heavy atom. The summed E-state index contributed by atoms with van der Waals surface area (Å²) in [4.78, 5) is 23.3. The summed E-state index contributed by atoms with van der Waals surface area (Å²) in [5.41, 5.74) is -2.14. The number of nitrogens with zero attached hydrogens (tertiary/aromatic N) is 8. The number of anilines is 1. The highest BCUT2D eigenvalue weighted by molar-refractivity contribution is 6.08. The number of fused-ring (bicyclic) bond motifs is 3. The number of benzene rings is 2. The fraction of sp³-hybridized carbons (Fsp3) is 0.528. The minimum absolute atomic E-state index is 0.00135. The number of amides is 1. The fourth-order valence-electron chi connectivity index (χ4n) is 7.19. The molecule has 272 valence electrons. The molecular weight excluding hydrogens is 668 g/mol. The first-order valence-electron chi connectivity index (χ1n) is 16.8. The lowest BCUT2D eigenvalue weighted by Gasteiger charge is -2.52. The van der Waals surface area contributed by atoms with E-state index in [1.165, 1.54) is 22.8 Å². The number of piperidine rings is 1. The van der Waals surface area contributed by atoms with Crippen LogP contribution < -0.4 is 9.64 Å². The van der Waals surface area contributed by atoms with Crippen LogP contribution in [0.2, 0.25) is 0 Å². The van der Waals surface area contributed by atoms with E-state index in [1.807, 2.05) is 19.0 Å². The molecular formula is C36H42F4N8O3. The van der Waals surface area contributed by atoms with E-state index in [9.17, 15) is 10.1 Å². The fourth-order valence-corrected chi connectivity index (χ4v) is 7.19. The van der Waals surface area contributed by atoms with E-state index in [1.54, 1.807) is 39.8 Å². The molecule has 4 heterocycles. The zero-order valence-electron chi connectivity index (χ0n) is 30.0. The topological polar surface area (TPSA) is 113 Å². The molecule has 2 saturated heterocycles. The van der Waals surface area contributed by atoms with Gasteiger partial charge in [0.2, 0.25) is 0 Å². The van der Waals surface area contributed by atoms with Gasteiger partial charge in [-0.05, 0) is 73.2 Å². The van der Waals surface area contributed by atoms with E-state index in [2.05, 4.69) is 28.2 Å². The van der Waals surface area contributed by atoms with Crippen LogP contribution in [0.25, 0.3) is 33.1 Å². The molecule has 0 N–H and O–H groups in total. The van der Waals surface area contributed by atoms with Crippen molar-refractivity contribution < 1.29 is 31.8 Å². The van der Waals surface area contributed by atoms with Crippen molar-refractivity contribution in [2.75, 3.05) is 45.7 Å². The lowest BCUT2D eigenvalue weighted by molar-refractivity contribution is -0.137. The summed E-state index contributed by atoms with van der Waals surface area (Å²) < 4.78 is 74.7. The zero-order valence-corrected chi connectivity index (χ0v) is 30.0. The Kier molecular flexibility index (Phi) is 9.06. The van der Waals surface area contributed by atoms with Crippen molar-refractivity contribution in [3.63, 3.8) is 0 Å². The number of rotatable bonds is 6. The number of hydrogen-bond donors (Lipinski definition) is 0. The minimum Gasteiger partial charge on any atom is -0.496 e. The smallest absolute Gasteiger partial charge is 0.417 e. The van der Waals surface area contributed by atoms with Crippen molar-refractivity contribution >= 4 is 33.8 Å². The van der Waals surface area contributed by atoms with Crippen molar-refractivity contribution in [1.82, 2.24) is 29.8 Å². The summed E-state index contributed by atoms with van der Waals surface area (Å²) in [6.07, 6.45) is -4.92. The lowest BCUT2D eigenvalue weighted by Crippen LogP contribution is -2.67. The number of aromatic nitrogens is 4. The number of halogens is 4. The zero-order chi connectivity index (χ0) is 37.2. The molecule has 0 spiro atoms. The van der Waals surface area contributed by atoms with Crippen LogP contribution in [0.1, 0.15) is 64.1 Å². The average molecular weight is 711 g/mol. The van der Waals surface area contributed by atoms with Crippen LogP contribution in [0, 0.1) is 24.1 Å². The lowest BCUT2D eigenvalue weighted by atomic mass is 9.90. The standard InChI is InChI=1S/C36H42F4N8O3/c1-20-10-9-11-23(31(20)50-8)26-25(36(38,39)40)17-24-28(27(26)37)42-32(46-18-35(5,19-46)45(6)7)29-30(24)48(44-43-29)22-13-15-47(21(16-22)12-14-41)33(49)51-34(2,3)4/h9-11,17,21-22H,12-13,15-16,18-19H2,1-8H3/t21-,22-/m0/s1. The molecule has 6 rings (SSSR count). The second-order valence-corrected chi connectivity index (χ2v) is 14.9. The number of carbonyl (C=O) groups excluding carboxylic acids is 1. The molecule has 1 amide bonds. The van der Waals surface area contributed by atoms with Gasteiger partial charge in [0.15, 0.2) is 17.2 Å². The summed E-state index contributed by atoms with van der Waals surface area (Å²) in [5, 5.41) is 18.5. The Balaban J connectivity index is 1.58. The van der Waals surface area contributed by atoms with Crippen molar-refractivity contribution in [2.24, 2.45) is 0 Å². The molecule has 2 aromatic heterocycles. The number of likely N-dealkylation sites (N-methyl/N-ethyl adjacent to an activating group) is 1. The van der Waals surface area contributed by atoms with Crippen LogP contribution in [0.4, 0.5) is 28.2 Å². The molecule has 0 unspecified atom stereocenters. The van der Waals surface area contributed by atoms with Gasteiger partial charge in [-0.25, -0.2) is 18.9 Å². The van der Waals surface area contributed by atoms with Gasteiger partial charge in [0.25, 0.3) is 0 Å². The number of alkyl halides is 3. The number of nitriles is 1. The van der Waals surface area contributed by atoms with E-state index < -0.39 is 46.9 Å². The van der Waals surface area contributed by atoms with Crippen LogP contribution in [-0.4, -0.2) is 93.9 Å². The molecule has 2 aliphatic heterocycles. The number of likely N-dealkylation sites (tertiary alicyclic amines) is 1. The molecule has 2 aliphatic rings. The Morgan fingerprint density at radius 2 is 1.88 bits per heavy atom. The van der Waals surface area contributed by atoms with Crippen LogP contribution in [-0.2, 0) is 10.9 Å². The van der Waals surface area contributed by atoms with Gasteiger partial charge in [0.1, 0.15) is 22.4 Å². The van der Waals surface area contributed by atoms with Gasteiger partial charge in [-0.1, -0.05) is 23.4 Å². The first-order valence-corrected chi connectivity index (χ1v) is 16.8. The third kappa shape index (κ3) is 6.39. The van der Waals surface area contributed by atoms with Gasteiger partial charge in [0.05, 0.1) is 42.8 Å². The largest absolute Gasteiger partial charge is 0.496 e. The van der Waals surface area contributed by atoms with Crippen LogP contribution in [0.15, 0.2) is 24.3 Å². The molecule has 2 atom stereocenters. The predicted molar refractivity (Wildman–Crippen MR) is 184 cm³/mol. The van der Waals surface area contributed by atoms with Crippen molar-refractivity contribution in [3.05, 3.63) is 41.2 Å².